The van der Waals surface area contributed by atoms with Crippen molar-refractivity contribution in [2.24, 2.45) is 17.8 Å². The molecule has 0 radical (unpaired) electrons. The number of piperidine rings is 4. The van der Waals surface area contributed by atoms with Crippen LogP contribution in [-0.2, 0) is 11.2 Å². The second-order valence-corrected chi connectivity index (χ2v) is 9.60. The van der Waals surface area contributed by atoms with Crippen molar-refractivity contribution in [3.05, 3.63) is 35.9 Å². The molecule has 0 spiro atoms. The van der Waals surface area contributed by atoms with Crippen LogP contribution < -0.4 is 5.32 Å². The lowest BCUT2D eigenvalue weighted by molar-refractivity contribution is -0.145. The first-order chi connectivity index (χ1) is 13.8. The zero-order valence-electron chi connectivity index (χ0n) is 17.1. The van der Waals surface area contributed by atoms with E-state index >= 15 is 0 Å². The van der Waals surface area contributed by atoms with Crippen molar-refractivity contribution in [3.8, 4) is 0 Å². The van der Waals surface area contributed by atoms with Gasteiger partial charge in [0.25, 0.3) is 0 Å². The molecule has 4 aliphatic rings. The summed E-state index contributed by atoms with van der Waals surface area (Å²) in [6, 6.07) is 12.3. The van der Waals surface area contributed by atoms with E-state index in [1.165, 1.54) is 37.8 Å². The minimum atomic E-state index is 0.211. The first-order valence-electron chi connectivity index (χ1n) is 11.6. The Bertz CT molecular complexity index is 672. The number of nitrogens with zero attached hydrogens (tertiary/aromatic N) is 2. The van der Waals surface area contributed by atoms with Crippen LogP contribution in [0, 0.1) is 17.8 Å². The molecule has 0 unspecified atom stereocenters. The van der Waals surface area contributed by atoms with Crippen LogP contribution in [0.15, 0.2) is 30.3 Å². The van der Waals surface area contributed by atoms with Gasteiger partial charge in [0.15, 0.2) is 0 Å². The maximum Gasteiger partial charge on any atom is 0.226 e. The van der Waals surface area contributed by atoms with Crippen LogP contribution in [0.5, 0.6) is 0 Å². The standard InChI is InChI=1S/C24H35N3O/c28-24(19-9-6-11-25-15-19)26-16-20-14-21(17-26)23(13-18-7-2-1-3-8-18)27-12-5-4-10-22(20)27/h1-3,7-8,19-23,25H,4-6,9-17H2/t19-,20-,21+,22+,23+/m1/s1. The summed E-state index contributed by atoms with van der Waals surface area (Å²) in [5, 5.41) is 3.44. The molecule has 28 heavy (non-hydrogen) atoms. The van der Waals surface area contributed by atoms with Crippen LogP contribution in [0.25, 0.3) is 0 Å². The summed E-state index contributed by atoms with van der Waals surface area (Å²) in [5.74, 6) is 1.97. The molecule has 5 rings (SSSR count). The second kappa shape index (κ2) is 8.16. The van der Waals surface area contributed by atoms with Gasteiger partial charge in [0.05, 0.1) is 5.92 Å². The van der Waals surface area contributed by atoms with E-state index in [-0.39, 0.29) is 5.92 Å². The third-order valence-electron chi connectivity index (χ3n) is 7.87. The molecule has 2 bridgehead atoms. The fourth-order valence-corrected chi connectivity index (χ4v) is 6.54. The Morgan fingerprint density at radius 3 is 2.71 bits per heavy atom. The van der Waals surface area contributed by atoms with Gasteiger partial charge in [-0.3, -0.25) is 9.69 Å². The highest BCUT2D eigenvalue weighted by Crippen LogP contribution is 2.42. The van der Waals surface area contributed by atoms with Gasteiger partial charge in [-0.15, -0.1) is 0 Å². The van der Waals surface area contributed by atoms with Crippen molar-refractivity contribution in [3.63, 3.8) is 0 Å². The summed E-state index contributed by atoms with van der Waals surface area (Å²) < 4.78 is 0. The number of likely N-dealkylation sites (tertiary alicyclic amines) is 1. The predicted octanol–water partition coefficient (Wildman–Crippen LogP) is 2.93. The van der Waals surface area contributed by atoms with Crippen LogP contribution in [0.3, 0.4) is 0 Å². The molecule has 1 N–H and O–H groups in total. The van der Waals surface area contributed by atoms with Crippen LogP contribution in [0.2, 0.25) is 0 Å². The zero-order valence-corrected chi connectivity index (χ0v) is 17.1. The first kappa shape index (κ1) is 18.6. The van der Waals surface area contributed by atoms with Gasteiger partial charge in [0.2, 0.25) is 5.91 Å². The van der Waals surface area contributed by atoms with Crippen molar-refractivity contribution in [1.29, 1.82) is 0 Å². The van der Waals surface area contributed by atoms with Crippen LogP contribution in [0.1, 0.15) is 44.1 Å². The zero-order chi connectivity index (χ0) is 18.9. The highest BCUT2D eigenvalue weighted by molar-refractivity contribution is 5.79. The van der Waals surface area contributed by atoms with Crippen molar-refractivity contribution in [2.75, 3.05) is 32.7 Å². The smallest absolute Gasteiger partial charge is 0.226 e. The Kier molecular flexibility index (Phi) is 5.43. The monoisotopic (exact) mass is 381 g/mol. The van der Waals surface area contributed by atoms with E-state index in [4.69, 9.17) is 0 Å². The van der Waals surface area contributed by atoms with E-state index in [2.05, 4.69) is 45.4 Å². The Morgan fingerprint density at radius 1 is 1.04 bits per heavy atom. The average molecular weight is 382 g/mol. The molecule has 4 nitrogen and oxygen atoms in total. The quantitative estimate of drug-likeness (QED) is 0.874. The van der Waals surface area contributed by atoms with E-state index in [1.807, 2.05) is 0 Å². The molecule has 4 fully saturated rings. The summed E-state index contributed by atoms with van der Waals surface area (Å²) in [5.41, 5.74) is 1.45. The molecule has 1 aromatic rings. The molecular weight excluding hydrogens is 346 g/mol. The Hall–Kier alpha value is -1.39. The molecule has 5 atom stereocenters. The number of amides is 1. The maximum absolute atomic E-state index is 13.3. The lowest BCUT2D eigenvalue weighted by Gasteiger charge is -2.57. The summed E-state index contributed by atoms with van der Waals surface area (Å²) in [4.78, 5) is 18.4. The summed E-state index contributed by atoms with van der Waals surface area (Å²) in [7, 11) is 0. The molecule has 1 aromatic carbocycles. The van der Waals surface area contributed by atoms with Crippen molar-refractivity contribution in [1.82, 2.24) is 15.1 Å². The van der Waals surface area contributed by atoms with Crippen molar-refractivity contribution < 1.29 is 4.79 Å². The minimum Gasteiger partial charge on any atom is -0.342 e. The number of carbonyl (C=O) groups excluding carboxylic acids is 1. The molecule has 4 heterocycles. The van der Waals surface area contributed by atoms with Gasteiger partial charge in [-0.25, -0.2) is 0 Å². The molecule has 0 aromatic heterocycles. The molecule has 4 heteroatoms. The SMILES string of the molecule is O=C([C@@H]1CCCNC1)N1C[C@H]2C[C@@H](C1)[C@H](Cc1ccccc1)N1CCCC[C@@H]21. The lowest BCUT2D eigenvalue weighted by Crippen LogP contribution is -2.65. The van der Waals surface area contributed by atoms with E-state index in [1.54, 1.807) is 0 Å². The highest BCUT2D eigenvalue weighted by atomic mass is 16.2. The van der Waals surface area contributed by atoms with Crippen LogP contribution in [0.4, 0.5) is 0 Å². The van der Waals surface area contributed by atoms with Gasteiger partial charge >= 0.3 is 0 Å². The average Bonchev–Trinajstić information content (AvgIpc) is 2.77. The lowest BCUT2D eigenvalue weighted by atomic mass is 9.70. The molecule has 1 amide bonds. The summed E-state index contributed by atoms with van der Waals surface area (Å²) >= 11 is 0. The number of nitrogens with one attached hydrogen (secondary N) is 1. The molecule has 4 aliphatic heterocycles. The van der Waals surface area contributed by atoms with Gasteiger partial charge in [-0.05, 0) is 69.0 Å². The fourth-order valence-electron chi connectivity index (χ4n) is 6.54. The van der Waals surface area contributed by atoms with Gasteiger partial charge in [0.1, 0.15) is 0 Å². The van der Waals surface area contributed by atoms with Crippen molar-refractivity contribution in [2.45, 2.75) is 57.0 Å². The van der Waals surface area contributed by atoms with Crippen LogP contribution in [-0.4, -0.2) is 60.5 Å². The maximum atomic E-state index is 13.3. The Labute approximate surface area is 169 Å². The molecule has 0 saturated carbocycles. The second-order valence-electron chi connectivity index (χ2n) is 9.60. The normalized spacial score (nSPS) is 36.0. The number of benzene rings is 1. The van der Waals surface area contributed by atoms with Gasteiger partial charge < -0.3 is 10.2 Å². The number of carbonyl (C=O) groups is 1. The molecule has 152 valence electrons. The van der Waals surface area contributed by atoms with E-state index in [0.717, 1.165) is 45.4 Å². The Balaban J connectivity index is 1.36. The third-order valence-corrected chi connectivity index (χ3v) is 7.87. The van der Waals surface area contributed by atoms with E-state index in [0.29, 0.717) is 29.8 Å². The molecule has 4 saturated heterocycles. The fraction of sp³-hybridized carbons (Fsp3) is 0.708. The van der Waals surface area contributed by atoms with Crippen molar-refractivity contribution >= 4 is 5.91 Å². The van der Waals surface area contributed by atoms with E-state index < -0.39 is 0 Å². The predicted molar refractivity (Wildman–Crippen MR) is 112 cm³/mol. The van der Waals surface area contributed by atoms with Crippen LogP contribution >= 0.6 is 0 Å². The largest absolute Gasteiger partial charge is 0.342 e. The minimum absolute atomic E-state index is 0.211. The summed E-state index contributed by atoms with van der Waals surface area (Å²) in [6.45, 7) is 5.20. The van der Waals surface area contributed by atoms with Gasteiger partial charge in [-0.2, -0.15) is 0 Å². The number of rotatable bonds is 3. The summed E-state index contributed by atoms with van der Waals surface area (Å²) in [6.07, 6.45) is 8.71. The molecule has 0 aliphatic carbocycles. The van der Waals surface area contributed by atoms with Gasteiger partial charge in [-0.1, -0.05) is 36.8 Å². The topological polar surface area (TPSA) is 35.6 Å². The van der Waals surface area contributed by atoms with Gasteiger partial charge in [0, 0.05) is 31.7 Å². The number of hydrogen-bond donors (Lipinski definition) is 1. The highest BCUT2D eigenvalue weighted by Gasteiger charge is 2.48. The van der Waals surface area contributed by atoms with E-state index in [9.17, 15) is 4.79 Å². The number of hydrogen-bond acceptors (Lipinski definition) is 3. The third kappa shape index (κ3) is 3.61. The number of fused-ring (bicyclic) bond motifs is 4. The Morgan fingerprint density at radius 2 is 1.89 bits per heavy atom. The molecular formula is C24H35N3O. The first-order valence-corrected chi connectivity index (χ1v) is 11.6.